The second-order valence-electron chi connectivity index (χ2n) is 4.63. The number of aryl methyl sites for hydroxylation is 1. The Kier molecular flexibility index (Phi) is 10.1. The monoisotopic (exact) mass is 580 g/mol. The Hall–Kier alpha value is 0.000000000000000444. The lowest BCUT2D eigenvalue weighted by Gasteiger charge is -2.33. The van der Waals surface area contributed by atoms with Crippen LogP contribution in [0.15, 0.2) is 24.3 Å². The largest absolute Gasteiger partial charge is 0.449 e. The van der Waals surface area contributed by atoms with Crippen molar-refractivity contribution in [3.8, 4) is 0 Å². The summed E-state index contributed by atoms with van der Waals surface area (Å²) in [7, 11) is 1.36. The maximum absolute atomic E-state index is 12.6. The van der Waals surface area contributed by atoms with Crippen molar-refractivity contribution in [2.45, 2.75) is 14.4 Å². The second kappa shape index (κ2) is 11.0. The number of halogens is 4. The third-order valence-electron chi connectivity index (χ3n) is 2.77. The van der Waals surface area contributed by atoms with Crippen LogP contribution in [-0.4, -0.2) is 43.5 Å². The maximum atomic E-state index is 12.6. The zero-order valence-corrected chi connectivity index (χ0v) is 19.6. The van der Waals surface area contributed by atoms with Crippen LogP contribution in [0.25, 0.3) is 0 Å². The van der Waals surface area contributed by atoms with Gasteiger partial charge in [0.2, 0.25) is 0 Å². The summed E-state index contributed by atoms with van der Waals surface area (Å²) in [6, 6.07) is 6.59. The van der Waals surface area contributed by atoms with E-state index in [1.165, 1.54) is 7.11 Å². The number of thioether (sulfide) groups is 1. The molecule has 0 aliphatic rings. The fourth-order valence-electron chi connectivity index (χ4n) is 1.65. The lowest BCUT2D eigenvalue weighted by Crippen LogP contribution is -2.46. The van der Waals surface area contributed by atoms with Gasteiger partial charge in [0.25, 0.3) is 0 Å². The molecule has 1 atom stereocenters. The van der Waals surface area contributed by atoms with E-state index in [9.17, 15) is 9.59 Å². The van der Waals surface area contributed by atoms with Crippen molar-refractivity contribution < 1.29 is 19.2 Å². The molecule has 1 rings (SSSR count). The minimum atomic E-state index is -0.903. The quantitative estimate of drug-likeness (QED) is 0.211. The Labute approximate surface area is 180 Å². The molecule has 140 valence electrons. The molecule has 0 spiro atoms. The Balaban J connectivity index is 2.86. The van der Waals surface area contributed by atoms with E-state index in [1.807, 2.05) is 19.1 Å². The molecule has 0 aliphatic carbocycles. The van der Waals surface area contributed by atoms with Crippen LogP contribution in [0.5, 0.6) is 0 Å². The topological polar surface area (TPSA) is 67.9 Å². The lowest BCUT2D eigenvalue weighted by atomic mass is 10.2. The Morgan fingerprint density at radius 2 is 1.92 bits per heavy atom. The van der Waals surface area contributed by atoms with Crippen molar-refractivity contribution in [2.75, 3.05) is 24.2 Å². The lowest BCUT2D eigenvalue weighted by molar-refractivity contribution is -0.138. The summed E-state index contributed by atoms with van der Waals surface area (Å²) in [4.78, 5) is 29.3. The highest BCUT2D eigenvalue weighted by molar-refractivity contribution is 9.39. The Morgan fingerprint density at radius 1 is 1.32 bits per heavy atom. The summed E-state index contributed by atoms with van der Waals surface area (Å²) in [5.74, 6) is -0.531. The predicted octanol–water partition coefficient (Wildman–Crippen LogP) is 5.03. The summed E-state index contributed by atoms with van der Waals surface area (Å²) in [5.41, 5.74) is 1.69. The van der Waals surface area contributed by atoms with E-state index in [1.54, 1.807) is 12.1 Å². The van der Waals surface area contributed by atoms with E-state index in [0.29, 0.717) is 5.69 Å². The molecule has 11 heteroatoms. The van der Waals surface area contributed by atoms with Gasteiger partial charge in [-0.25, -0.2) is 4.79 Å². The minimum Gasteiger partial charge on any atom is -0.449 e. The normalized spacial score (nSPS) is 12.4. The second-order valence-corrected chi connectivity index (χ2v) is 12.9. The van der Waals surface area contributed by atoms with Gasteiger partial charge < -0.3 is 10.1 Å². The van der Waals surface area contributed by atoms with Crippen molar-refractivity contribution in [1.82, 2.24) is 5.06 Å². The van der Waals surface area contributed by atoms with Crippen LogP contribution in [0.3, 0.4) is 0 Å². The Morgan fingerprint density at radius 3 is 2.40 bits per heavy atom. The number of amides is 2. The molecular weight excluding hydrogens is 567 g/mol. The van der Waals surface area contributed by atoms with Gasteiger partial charge in [0.1, 0.15) is 5.37 Å². The molecule has 0 radical (unpaired) electrons. The SMILES string of the molecule is CON(C(=O)Nc1ccc(C)cc1)C(SCC(=O)OCCl)C(Br)(Br)Br. The van der Waals surface area contributed by atoms with Crippen molar-refractivity contribution >= 4 is 88.8 Å². The number of hydroxylamine groups is 2. The number of hydrogen-bond donors (Lipinski definition) is 1. The predicted molar refractivity (Wildman–Crippen MR) is 112 cm³/mol. The molecule has 0 aromatic heterocycles. The number of benzene rings is 1. The van der Waals surface area contributed by atoms with Gasteiger partial charge in [-0.05, 0) is 19.1 Å². The molecule has 0 bridgehead atoms. The third kappa shape index (κ3) is 8.04. The number of carbonyl (C=O) groups excluding carboxylic acids is 2. The van der Waals surface area contributed by atoms with Gasteiger partial charge in [-0.3, -0.25) is 9.63 Å². The van der Waals surface area contributed by atoms with Gasteiger partial charge in [0.05, 0.1) is 12.9 Å². The van der Waals surface area contributed by atoms with Crippen LogP contribution >= 0.6 is 71.2 Å². The third-order valence-corrected chi connectivity index (χ3v) is 6.35. The summed E-state index contributed by atoms with van der Waals surface area (Å²) >= 11 is 16.6. The fourth-order valence-corrected chi connectivity index (χ4v) is 4.40. The number of nitrogens with zero attached hydrogens (tertiary/aromatic N) is 1. The van der Waals surface area contributed by atoms with Crippen molar-refractivity contribution in [3.05, 3.63) is 29.8 Å². The first-order valence-corrected chi connectivity index (χ1v) is 10.8. The first-order chi connectivity index (χ1) is 11.7. The fraction of sp³-hybridized carbons (Fsp3) is 0.429. The first-order valence-electron chi connectivity index (χ1n) is 6.80. The highest BCUT2D eigenvalue weighted by Crippen LogP contribution is 2.44. The number of rotatable bonds is 7. The molecule has 2 amide bonds. The van der Waals surface area contributed by atoms with Crippen molar-refractivity contribution in [1.29, 1.82) is 0 Å². The number of ether oxygens (including phenoxy) is 1. The summed E-state index contributed by atoms with van der Waals surface area (Å²) < 4.78 is 3.78. The number of alkyl halides is 4. The molecule has 0 saturated carbocycles. The van der Waals surface area contributed by atoms with Gasteiger partial charge in [-0.1, -0.05) is 77.1 Å². The molecule has 1 aromatic carbocycles. The summed E-state index contributed by atoms with van der Waals surface area (Å²) in [6.45, 7) is 1.95. The standard InChI is InChI=1S/C14H16Br3ClN2O4S/c1-9-3-5-10(6-4-9)19-13(22)20(23-2)12(14(15,16)17)25-7-11(21)24-8-18/h3-6,12H,7-8H2,1-2H3,(H,19,22). The highest BCUT2D eigenvalue weighted by atomic mass is 80.0. The molecule has 6 nitrogen and oxygen atoms in total. The number of hydrogen-bond acceptors (Lipinski definition) is 5. The van der Waals surface area contributed by atoms with Crippen LogP contribution in [0.1, 0.15) is 5.56 Å². The number of urea groups is 1. The highest BCUT2D eigenvalue weighted by Gasteiger charge is 2.40. The van der Waals surface area contributed by atoms with E-state index in [2.05, 4.69) is 57.8 Å². The van der Waals surface area contributed by atoms with Gasteiger partial charge in [0.15, 0.2) is 8.21 Å². The van der Waals surface area contributed by atoms with E-state index in [4.69, 9.17) is 16.4 Å². The zero-order valence-electron chi connectivity index (χ0n) is 13.3. The van der Waals surface area contributed by atoms with Crippen LogP contribution in [0, 0.1) is 6.92 Å². The van der Waals surface area contributed by atoms with Crippen LogP contribution in [-0.2, 0) is 14.4 Å². The van der Waals surface area contributed by atoms with Crippen molar-refractivity contribution in [2.24, 2.45) is 0 Å². The first kappa shape index (κ1) is 23.0. The van der Waals surface area contributed by atoms with Crippen molar-refractivity contribution in [3.63, 3.8) is 0 Å². The average molecular weight is 584 g/mol. The smallest absolute Gasteiger partial charge is 0.346 e. The van der Waals surface area contributed by atoms with E-state index < -0.39 is 19.5 Å². The number of carbonyl (C=O) groups is 2. The summed E-state index contributed by atoms with van der Waals surface area (Å²) in [6.07, 6.45) is 0. The van der Waals surface area contributed by atoms with Crippen LogP contribution < -0.4 is 5.32 Å². The molecule has 0 aliphatic heterocycles. The number of anilines is 1. The zero-order chi connectivity index (χ0) is 19.0. The molecule has 1 unspecified atom stereocenters. The van der Waals surface area contributed by atoms with Gasteiger partial charge in [-0.2, -0.15) is 5.06 Å². The molecule has 25 heavy (non-hydrogen) atoms. The van der Waals surface area contributed by atoms with E-state index >= 15 is 0 Å². The van der Waals surface area contributed by atoms with Gasteiger partial charge in [0, 0.05) is 5.69 Å². The molecule has 0 saturated heterocycles. The molecule has 1 N–H and O–H groups in total. The Bertz CT molecular complexity index is 586. The maximum Gasteiger partial charge on any atom is 0.346 e. The number of nitrogens with one attached hydrogen (secondary N) is 1. The average Bonchev–Trinajstić information content (AvgIpc) is 2.52. The van der Waals surface area contributed by atoms with Gasteiger partial charge >= 0.3 is 12.0 Å². The minimum absolute atomic E-state index is 0.0282. The van der Waals surface area contributed by atoms with Crippen LogP contribution in [0.4, 0.5) is 10.5 Å². The number of esters is 1. The molecule has 0 heterocycles. The van der Waals surface area contributed by atoms with Crippen LogP contribution in [0.2, 0.25) is 0 Å². The molecular formula is C14H16Br3ClN2O4S. The molecule has 0 fully saturated rings. The molecule has 1 aromatic rings. The van der Waals surface area contributed by atoms with Gasteiger partial charge in [-0.15, -0.1) is 11.8 Å². The summed E-state index contributed by atoms with van der Waals surface area (Å²) in [5, 5.41) is 3.17. The van der Waals surface area contributed by atoms with E-state index in [-0.39, 0.29) is 11.8 Å². The van der Waals surface area contributed by atoms with E-state index in [0.717, 1.165) is 22.4 Å².